The first-order chi connectivity index (χ1) is 17.8. The van der Waals surface area contributed by atoms with Crippen molar-refractivity contribution in [2.45, 2.75) is 27.2 Å². The minimum Gasteiger partial charge on any atom is -0.462 e. The fourth-order valence-electron chi connectivity index (χ4n) is 3.31. The Morgan fingerprint density at radius 1 is 1.08 bits per heavy atom. The molecule has 10 nitrogen and oxygen atoms in total. The molecule has 0 aliphatic carbocycles. The van der Waals surface area contributed by atoms with Crippen molar-refractivity contribution in [3.63, 3.8) is 0 Å². The Morgan fingerprint density at radius 3 is 2.65 bits per heavy atom. The van der Waals surface area contributed by atoms with E-state index in [1.165, 1.54) is 12.2 Å². The van der Waals surface area contributed by atoms with E-state index in [0.29, 0.717) is 35.1 Å². The number of hydrogen-bond acceptors (Lipinski definition) is 8. The molecular formula is C27H33N5O5. The molecule has 2 amide bonds. The van der Waals surface area contributed by atoms with Crippen LogP contribution in [0.3, 0.4) is 0 Å². The maximum absolute atomic E-state index is 12.9. The van der Waals surface area contributed by atoms with E-state index < -0.39 is 12.1 Å². The third kappa shape index (κ3) is 8.99. The van der Waals surface area contributed by atoms with Gasteiger partial charge >= 0.3 is 12.1 Å². The van der Waals surface area contributed by atoms with Crippen molar-refractivity contribution < 1.29 is 23.9 Å². The minimum atomic E-state index is -0.652. The number of nitrogens with one attached hydrogen (secondary N) is 4. The molecule has 0 fully saturated rings. The zero-order valence-corrected chi connectivity index (χ0v) is 21.3. The Bertz CT molecular complexity index is 1180. The Hall–Kier alpha value is -4.34. The van der Waals surface area contributed by atoms with Gasteiger partial charge in [0.25, 0.3) is 5.91 Å². The van der Waals surface area contributed by atoms with Crippen LogP contribution in [0.2, 0.25) is 0 Å². The number of rotatable bonds is 9. The number of hydrogen-bond donors (Lipinski definition) is 4. The molecule has 0 aromatic heterocycles. The normalized spacial score (nSPS) is 12.9. The van der Waals surface area contributed by atoms with Crippen LogP contribution in [0, 0.1) is 5.92 Å². The maximum Gasteiger partial charge on any atom is 0.411 e. The summed E-state index contributed by atoms with van der Waals surface area (Å²) in [5.41, 5.74) is 2.53. The average Bonchev–Trinajstić information content (AvgIpc) is 2.88. The molecule has 0 radical (unpaired) electrons. The van der Waals surface area contributed by atoms with Crippen LogP contribution in [-0.4, -0.2) is 50.2 Å². The smallest absolute Gasteiger partial charge is 0.411 e. The second-order valence-electron chi connectivity index (χ2n) is 8.68. The van der Waals surface area contributed by atoms with Gasteiger partial charge in [-0.3, -0.25) is 15.1 Å². The van der Waals surface area contributed by atoms with Gasteiger partial charge in [0.15, 0.2) is 5.96 Å². The van der Waals surface area contributed by atoms with Crippen molar-refractivity contribution in [2.24, 2.45) is 10.9 Å². The predicted molar refractivity (Wildman–Crippen MR) is 145 cm³/mol. The number of carbonyl (C=O) groups excluding carboxylic acids is 3. The number of carbonyl (C=O) groups is 3. The molecule has 1 aliphatic rings. The standard InChI is InChI=1S/C27H33N5O5/c1-4-36-27(35)32-23-16-22(11-9-19(23)10-12-24(33)37-17-18(2)3)30-25(34)20-7-5-8-21(15-20)31-26-28-13-6-14-29-26/h5,7-12,15-16,18H,4,6,13-14,17H2,1-3H3,(H,30,34)(H,32,35)(H2,28,29,31)/b12-10+. The quantitative estimate of drug-likeness (QED) is 0.291. The lowest BCUT2D eigenvalue weighted by atomic mass is 10.1. The van der Waals surface area contributed by atoms with Gasteiger partial charge in [0.05, 0.1) is 18.9 Å². The van der Waals surface area contributed by atoms with Crippen LogP contribution in [0.1, 0.15) is 43.1 Å². The fourth-order valence-corrected chi connectivity index (χ4v) is 3.31. The van der Waals surface area contributed by atoms with E-state index in [9.17, 15) is 14.4 Å². The van der Waals surface area contributed by atoms with Gasteiger partial charge in [0.1, 0.15) is 0 Å². The van der Waals surface area contributed by atoms with Gasteiger partial charge in [-0.15, -0.1) is 0 Å². The molecule has 37 heavy (non-hydrogen) atoms. The summed E-state index contributed by atoms with van der Waals surface area (Å²) in [6, 6.07) is 12.0. The molecule has 1 heterocycles. The SMILES string of the molecule is CCOC(=O)Nc1cc(NC(=O)c2cccc(NC3=NCCCN3)c2)ccc1/C=C/C(=O)OCC(C)C. The van der Waals surface area contributed by atoms with E-state index in [-0.39, 0.29) is 18.4 Å². The summed E-state index contributed by atoms with van der Waals surface area (Å²) in [7, 11) is 0. The van der Waals surface area contributed by atoms with Gasteiger partial charge in [0, 0.05) is 36.1 Å². The number of nitrogens with zero attached hydrogens (tertiary/aromatic N) is 1. The van der Waals surface area contributed by atoms with Gasteiger partial charge in [-0.1, -0.05) is 26.0 Å². The molecule has 0 saturated heterocycles. The molecule has 3 rings (SSSR count). The highest BCUT2D eigenvalue weighted by Gasteiger charge is 2.12. The van der Waals surface area contributed by atoms with Gasteiger partial charge < -0.3 is 25.4 Å². The Balaban J connectivity index is 1.74. The van der Waals surface area contributed by atoms with E-state index in [2.05, 4.69) is 26.3 Å². The number of guanidine groups is 1. The van der Waals surface area contributed by atoms with Gasteiger partial charge in [-0.2, -0.15) is 0 Å². The summed E-state index contributed by atoms with van der Waals surface area (Å²) in [5, 5.41) is 11.8. The number of aliphatic imine (C=N–C) groups is 1. The van der Waals surface area contributed by atoms with Gasteiger partial charge in [-0.05, 0) is 61.2 Å². The van der Waals surface area contributed by atoms with Crippen LogP contribution in [0.4, 0.5) is 21.9 Å². The topological polar surface area (TPSA) is 130 Å². The van der Waals surface area contributed by atoms with Crippen LogP contribution in [0.15, 0.2) is 53.5 Å². The van der Waals surface area contributed by atoms with Gasteiger partial charge in [0.2, 0.25) is 0 Å². The van der Waals surface area contributed by atoms with Crippen molar-refractivity contribution in [1.29, 1.82) is 0 Å². The molecule has 0 saturated carbocycles. The first-order valence-corrected chi connectivity index (χ1v) is 12.2. The summed E-state index contributed by atoms with van der Waals surface area (Å²) < 4.78 is 10.1. The molecule has 1 aliphatic heterocycles. The first-order valence-electron chi connectivity index (χ1n) is 12.2. The third-order valence-corrected chi connectivity index (χ3v) is 5.07. The van der Waals surface area contributed by atoms with E-state index in [4.69, 9.17) is 9.47 Å². The lowest BCUT2D eigenvalue weighted by Gasteiger charge is -2.16. The minimum absolute atomic E-state index is 0.196. The Morgan fingerprint density at radius 2 is 1.92 bits per heavy atom. The first kappa shape index (κ1) is 27.3. The second-order valence-corrected chi connectivity index (χ2v) is 8.68. The van der Waals surface area contributed by atoms with E-state index in [1.54, 1.807) is 43.3 Å². The van der Waals surface area contributed by atoms with Crippen LogP contribution in [0.5, 0.6) is 0 Å². The number of amides is 2. The van der Waals surface area contributed by atoms with Crippen molar-refractivity contribution in [3.05, 3.63) is 59.7 Å². The lowest BCUT2D eigenvalue weighted by Crippen LogP contribution is -2.35. The van der Waals surface area contributed by atoms with Crippen LogP contribution >= 0.6 is 0 Å². The van der Waals surface area contributed by atoms with Crippen LogP contribution in [-0.2, 0) is 14.3 Å². The summed E-state index contributed by atoms with van der Waals surface area (Å²) in [6.45, 7) is 7.69. The second kappa shape index (κ2) is 13.7. The third-order valence-electron chi connectivity index (χ3n) is 5.07. The molecule has 0 spiro atoms. The molecule has 10 heteroatoms. The van der Waals surface area contributed by atoms with Crippen LogP contribution < -0.4 is 21.3 Å². The van der Waals surface area contributed by atoms with Crippen molar-refractivity contribution in [1.82, 2.24) is 5.32 Å². The Kier molecular flexibility index (Phi) is 10.1. The molecule has 0 bridgehead atoms. The van der Waals surface area contributed by atoms with E-state index in [1.807, 2.05) is 19.9 Å². The van der Waals surface area contributed by atoms with Crippen molar-refractivity contribution in [2.75, 3.05) is 42.3 Å². The summed E-state index contributed by atoms with van der Waals surface area (Å²) >= 11 is 0. The monoisotopic (exact) mass is 507 g/mol. The van der Waals surface area contributed by atoms with Gasteiger partial charge in [-0.25, -0.2) is 9.59 Å². The summed E-state index contributed by atoms with van der Waals surface area (Å²) in [5.74, 6) is 0.0755. The van der Waals surface area contributed by atoms with E-state index >= 15 is 0 Å². The Labute approximate surface area is 216 Å². The number of esters is 1. The highest BCUT2D eigenvalue weighted by Crippen LogP contribution is 2.24. The van der Waals surface area contributed by atoms with Crippen molar-refractivity contribution in [3.8, 4) is 0 Å². The highest BCUT2D eigenvalue weighted by atomic mass is 16.5. The zero-order chi connectivity index (χ0) is 26.6. The highest BCUT2D eigenvalue weighted by molar-refractivity contribution is 6.06. The lowest BCUT2D eigenvalue weighted by molar-refractivity contribution is -0.138. The maximum atomic E-state index is 12.9. The van der Waals surface area contributed by atoms with Crippen molar-refractivity contribution >= 4 is 47.1 Å². The number of anilines is 3. The number of benzene rings is 2. The molecule has 2 aromatic carbocycles. The molecule has 0 unspecified atom stereocenters. The summed E-state index contributed by atoms with van der Waals surface area (Å²) in [6.07, 6.45) is 3.15. The fraction of sp³-hybridized carbons (Fsp3) is 0.333. The molecular weight excluding hydrogens is 474 g/mol. The predicted octanol–water partition coefficient (Wildman–Crippen LogP) is 4.48. The van der Waals surface area contributed by atoms with E-state index in [0.717, 1.165) is 25.2 Å². The molecule has 0 atom stereocenters. The van der Waals surface area contributed by atoms with Crippen LogP contribution in [0.25, 0.3) is 6.08 Å². The average molecular weight is 508 g/mol. The molecule has 196 valence electrons. The number of ether oxygens (including phenoxy) is 2. The largest absolute Gasteiger partial charge is 0.462 e. The molecule has 2 aromatic rings. The summed E-state index contributed by atoms with van der Waals surface area (Å²) in [4.78, 5) is 41.4. The zero-order valence-electron chi connectivity index (χ0n) is 21.3. The molecule has 4 N–H and O–H groups in total.